The van der Waals surface area contributed by atoms with Crippen molar-refractivity contribution in [1.29, 1.82) is 10.5 Å². The van der Waals surface area contributed by atoms with Gasteiger partial charge in [0.25, 0.3) is 12.9 Å². The molecule has 0 radical (unpaired) electrons. The summed E-state index contributed by atoms with van der Waals surface area (Å²) >= 11 is 14.1. The highest BCUT2D eigenvalue weighted by Gasteiger charge is 2.32. The van der Waals surface area contributed by atoms with Crippen LogP contribution in [0.4, 0.5) is 17.6 Å². The van der Waals surface area contributed by atoms with Crippen molar-refractivity contribution < 1.29 is 56.3 Å². The average molecular weight is 1080 g/mol. The Morgan fingerprint density at radius 3 is 1.37 bits per heavy atom. The van der Waals surface area contributed by atoms with Crippen LogP contribution in [0.15, 0.2) is 97.6 Å². The third kappa shape index (κ3) is 13.3. The Morgan fingerprint density at radius 2 is 0.987 bits per heavy atom. The number of halogens is 6. The normalized spacial score (nSPS) is 16.0. The average Bonchev–Trinajstić information content (AvgIpc) is 3.42. The van der Waals surface area contributed by atoms with Crippen LogP contribution in [0.5, 0.6) is 23.0 Å². The first-order valence-corrected chi connectivity index (χ1v) is 25.0. The zero-order valence-corrected chi connectivity index (χ0v) is 42.3. The summed E-state index contributed by atoms with van der Waals surface area (Å²) in [6, 6.07) is 20.8. The fourth-order valence-corrected chi connectivity index (χ4v) is 9.97. The fraction of sp³-hybridized carbons (Fsp3) is 0.321. The summed E-state index contributed by atoms with van der Waals surface area (Å²) in [5.74, 6) is -2.13. The van der Waals surface area contributed by atoms with Crippen LogP contribution in [0.3, 0.4) is 0 Å². The molecule has 2 aliphatic rings. The number of hydrogen-bond acceptors (Lipinski definition) is 12. The van der Waals surface area contributed by atoms with E-state index in [0.29, 0.717) is 94.4 Å². The van der Waals surface area contributed by atoms with E-state index in [9.17, 15) is 47.9 Å². The molecule has 4 aromatic carbocycles. The Labute approximate surface area is 445 Å². The van der Waals surface area contributed by atoms with E-state index in [1.165, 1.54) is 49.1 Å². The van der Waals surface area contributed by atoms with Crippen molar-refractivity contribution in [2.24, 2.45) is 0 Å². The molecule has 0 spiro atoms. The number of benzene rings is 4. The number of rotatable bonds is 21. The van der Waals surface area contributed by atoms with Crippen LogP contribution in [-0.2, 0) is 49.1 Å². The van der Waals surface area contributed by atoms with Gasteiger partial charge >= 0.3 is 11.9 Å². The summed E-state index contributed by atoms with van der Waals surface area (Å²) in [5.41, 5.74) is 3.03. The van der Waals surface area contributed by atoms with Gasteiger partial charge in [-0.15, -0.1) is 0 Å². The minimum Gasteiger partial charge on any atom is -0.488 e. The van der Waals surface area contributed by atoms with Gasteiger partial charge < -0.3 is 29.2 Å². The zero-order valence-electron chi connectivity index (χ0n) is 40.7. The van der Waals surface area contributed by atoms with Crippen LogP contribution in [0.25, 0.3) is 11.1 Å². The number of nitrogens with zero attached hydrogens (tertiary/aromatic N) is 6. The van der Waals surface area contributed by atoms with Crippen LogP contribution >= 0.6 is 23.2 Å². The van der Waals surface area contributed by atoms with Crippen molar-refractivity contribution in [1.82, 2.24) is 19.8 Å². The van der Waals surface area contributed by atoms with E-state index >= 15 is 0 Å². The third-order valence-electron chi connectivity index (χ3n) is 13.3. The maximum atomic E-state index is 15.0. The van der Waals surface area contributed by atoms with Gasteiger partial charge in [0.15, 0.2) is 0 Å². The van der Waals surface area contributed by atoms with E-state index in [1.807, 2.05) is 12.1 Å². The molecule has 0 bridgehead atoms. The zero-order chi connectivity index (χ0) is 53.9. The molecule has 0 amide bonds. The number of alkyl halides is 4. The molecule has 0 aliphatic carbocycles. The number of aliphatic carboxylic acids is 2. The van der Waals surface area contributed by atoms with E-state index in [2.05, 4.69) is 9.97 Å². The van der Waals surface area contributed by atoms with Crippen LogP contribution in [0.2, 0.25) is 10.0 Å². The highest BCUT2D eigenvalue weighted by molar-refractivity contribution is 6.37. The Kier molecular flexibility index (Phi) is 18.3. The Balaban J connectivity index is 1.05. The van der Waals surface area contributed by atoms with Crippen LogP contribution in [0, 0.1) is 22.7 Å². The van der Waals surface area contributed by atoms with Crippen molar-refractivity contribution in [2.45, 2.75) is 103 Å². The van der Waals surface area contributed by atoms with E-state index in [4.69, 9.17) is 42.1 Å². The van der Waals surface area contributed by atoms with Crippen molar-refractivity contribution in [2.75, 3.05) is 13.1 Å². The van der Waals surface area contributed by atoms with Gasteiger partial charge in [-0.1, -0.05) is 72.4 Å². The summed E-state index contributed by atoms with van der Waals surface area (Å²) in [6.45, 7) is 0.112. The smallest absolute Gasteiger partial charge is 0.320 e. The second kappa shape index (κ2) is 25.4. The second-order valence-electron chi connectivity index (χ2n) is 18.3. The van der Waals surface area contributed by atoms with E-state index in [0.717, 1.165) is 12.8 Å². The fourth-order valence-electron chi connectivity index (χ4n) is 9.40. The molecule has 6 aromatic rings. The van der Waals surface area contributed by atoms with Gasteiger partial charge in [-0.25, -0.2) is 17.6 Å². The number of carboxylic acid groups (broad SMARTS) is 2. The molecule has 2 N–H and O–H groups in total. The number of piperidine rings is 2. The molecule has 2 atom stereocenters. The number of pyridine rings is 2. The molecule has 4 heterocycles. The number of carbonyl (C=O) groups is 2. The number of nitriles is 2. The largest absolute Gasteiger partial charge is 0.488 e. The van der Waals surface area contributed by atoms with E-state index in [1.54, 1.807) is 58.3 Å². The molecule has 76 heavy (non-hydrogen) atoms. The van der Waals surface area contributed by atoms with Gasteiger partial charge in [0.1, 0.15) is 73.6 Å². The van der Waals surface area contributed by atoms with Gasteiger partial charge in [-0.05, 0) is 63.0 Å². The van der Waals surface area contributed by atoms with Crippen molar-refractivity contribution in [3.8, 4) is 46.3 Å². The highest BCUT2D eigenvalue weighted by atomic mass is 35.5. The lowest BCUT2D eigenvalue weighted by Gasteiger charge is -2.33. The maximum Gasteiger partial charge on any atom is 0.320 e. The van der Waals surface area contributed by atoms with Crippen LogP contribution in [-0.4, -0.2) is 67.1 Å². The molecular weight excluding hydrogens is 1030 g/mol. The Hall–Kier alpha value is -7.48. The minimum absolute atomic E-state index is 0.00446. The quantitative estimate of drug-likeness (QED) is 0.0647. The SMILES string of the molecule is N#Cc1cncc(COc2cc(OCc3cccc(-c4cccc(COc5cc(OCc6cncc(C#N)c6)c(CN6CCCC[C@H]6C(=O)O)cc5C(F)F)c4Cl)c3Cl)c(C(F)F)cc2CN2CCCC[C@H]2C(=O)O)c1. The topological polar surface area (TPSA) is 191 Å². The monoisotopic (exact) mass is 1080 g/mol. The number of aromatic nitrogens is 2. The van der Waals surface area contributed by atoms with E-state index in [-0.39, 0.29) is 72.6 Å². The number of ether oxygens (including phenoxy) is 4. The first-order valence-electron chi connectivity index (χ1n) is 24.3. The van der Waals surface area contributed by atoms with Gasteiger partial charge in [-0.2, -0.15) is 10.5 Å². The first kappa shape index (κ1) is 54.8. The molecule has 20 heteroatoms. The third-order valence-corrected chi connectivity index (χ3v) is 14.1. The van der Waals surface area contributed by atoms with Crippen molar-refractivity contribution in [3.05, 3.63) is 163 Å². The second-order valence-corrected chi connectivity index (χ2v) is 19.1. The number of carboxylic acids is 2. The maximum absolute atomic E-state index is 15.0. The summed E-state index contributed by atoms with van der Waals surface area (Å²) in [5, 5.41) is 39.1. The first-order chi connectivity index (χ1) is 36.7. The van der Waals surface area contributed by atoms with Crippen LogP contribution in [0.1, 0.15) is 107 Å². The number of likely N-dealkylation sites (tertiary alicyclic amines) is 2. The molecule has 394 valence electrons. The molecule has 2 aromatic heterocycles. The Bertz CT molecular complexity index is 2970. The van der Waals surface area contributed by atoms with Gasteiger partial charge in [0, 0.05) is 94.5 Å². The van der Waals surface area contributed by atoms with Gasteiger partial charge in [0.2, 0.25) is 0 Å². The van der Waals surface area contributed by atoms with Gasteiger partial charge in [-0.3, -0.25) is 29.4 Å². The predicted molar refractivity (Wildman–Crippen MR) is 271 cm³/mol. The van der Waals surface area contributed by atoms with Crippen molar-refractivity contribution in [3.63, 3.8) is 0 Å². The summed E-state index contributed by atoms with van der Waals surface area (Å²) in [7, 11) is 0. The minimum atomic E-state index is -3.01. The van der Waals surface area contributed by atoms with Crippen molar-refractivity contribution >= 4 is 35.1 Å². The summed E-state index contributed by atoms with van der Waals surface area (Å²) < 4.78 is 84.4. The van der Waals surface area contributed by atoms with E-state index < -0.39 is 48.0 Å². The Morgan fingerprint density at radius 1 is 0.579 bits per heavy atom. The molecule has 8 rings (SSSR count). The molecule has 14 nitrogen and oxygen atoms in total. The lowest BCUT2D eigenvalue weighted by molar-refractivity contribution is -0.145. The molecule has 2 fully saturated rings. The molecular formula is C56H50Cl2F4N6O8. The van der Waals surface area contributed by atoms with Crippen LogP contribution < -0.4 is 18.9 Å². The summed E-state index contributed by atoms with van der Waals surface area (Å²) in [6.07, 6.45) is 3.46. The summed E-state index contributed by atoms with van der Waals surface area (Å²) in [4.78, 5) is 36.0. The van der Waals surface area contributed by atoms with Gasteiger partial charge in [0.05, 0.1) is 32.3 Å². The predicted octanol–water partition coefficient (Wildman–Crippen LogP) is 12.3. The standard InChI is InChI=1S/C56H50Cl2F4N6O8/c57-51-37(31-75-49-19-47(73-29-35-15-33(21-63)23-65-25-35)39(17-43(49)53(59)60)27-67-13-3-1-11-45(67)55(69)70)7-5-9-41(51)42-10-6-8-38(52(42)58)32-76-50-20-48(74-30-36-16-34(22-64)24-66-26-36)40(18-44(50)54(61)62)28-68-14-4-2-12-46(68)56(71)72/h5-10,15-20,23-26,45-46,53-54H,1-4,11-14,27-32H2,(H,69,70)(H,71,72)/t45-,46-/m0/s1. The molecule has 2 saturated heterocycles. The lowest BCUT2D eigenvalue weighted by Crippen LogP contribution is -2.44. The molecule has 0 saturated carbocycles. The highest BCUT2D eigenvalue weighted by Crippen LogP contribution is 2.42. The molecule has 0 unspecified atom stereocenters. The molecule has 2 aliphatic heterocycles. The lowest BCUT2D eigenvalue weighted by atomic mass is 10.00. The number of hydrogen-bond donors (Lipinski definition) is 2.